The number of aliphatic hydroxyl groups excluding tert-OH is 23. The monoisotopic (exact) mass is 1370 g/mol. The lowest BCUT2D eigenvalue weighted by atomic mass is 9.95. The van der Waals surface area contributed by atoms with E-state index in [1.165, 1.54) is 0 Å². The van der Waals surface area contributed by atoms with E-state index in [9.17, 15) is 127 Å². The maximum Gasteiger partial charge on any atom is 0.313 e. The van der Waals surface area contributed by atoms with Gasteiger partial charge in [-0.3, -0.25) is 4.79 Å². The van der Waals surface area contributed by atoms with Crippen LogP contribution in [0.5, 0.6) is 0 Å². The van der Waals surface area contributed by atoms with E-state index < -0.39 is 309 Å². The molecule has 0 aromatic rings. The Morgan fingerprint density at radius 1 is 0.228 bits per heavy atom. The number of carboxylic acid groups (broad SMARTS) is 1. The molecule has 30 aliphatic rings. The average Bonchev–Trinajstić information content (AvgIpc) is 0.805. The summed E-state index contributed by atoms with van der Waals surface area (Å²) >= 11 is 0.660. The van der Waals surface area contributed by atoms with Crippen molar-refractivity contribution in [2.75, 3.05) is 57.8 Å². The van der Waals surface area contributed by atoms with Crippen molar-refractivity contribution in [1.82, 2.24) is 0 Å². The minimum absolute atomic E-state index is 0.449. The lowest BCUT2D eigenvalue weighted by Gasteiger charge is -2.50. The first kappa shape index (κ1) is 74.5. The fraction of sp³-hybridized carbons (Fsp3) is 0.980. The third-order valence-electron chi connectivity index (χ3n) is 17.2. The zero-order valence-corrected chi connectivity index (χ0v) is 48.9. The number of aliphatic hydroxyl groups is 23. The number of rotatable bonds is 11. The van der Waals surface area contributed by atoms with Crippen LogP contribution in [-0.2, 0) is 80.6 Å². The van der Waals surface area contributed by atoms with Crippen LogP contribution in [0, 0.1) is 0 Å². The Bertz CT molecular complexity index is 2280. The van der Waals surface area contributed by atoms with Gasteiger partial charge in [0.1, 0.15) is 189 Å². The van der Waals surface area contributed by atoms with Crippen LogP contribution in [0.3, 0.4) is 0 Å². The van der Waals surface area contributed by atoms with Crippen LogP contribution >= 0.6 is 11.8 Å². The van der Waals surface area contributed by atoms with Gasteiger partial charge >= 0.3 is 5.97 Å². The topological polar surface area (TPSA) is 650 Å². The Morgan fingerprint density at radius 3 is 0.511 bits per heavy atom. The van der Waals surface area contributed by atoms with Gasteiger partial charge in [0.15, 0.2) is 50.3 Å². The van der Waals surface area contributed by atoms with Crippen LogP contribution in [-0.4, -0.2) is 432 Å². The second-order valence-corrected chi connectivity index (χ2v) is 24.2. The summed E-state index contributed by atoms with van der Waals surface area (Å²) in [6.07, 6.45) is -82.4. The summed E-state index contributed by atoms with van der Waals surface area (Å²) in [5.41, 5.74) is 0. The molecule has 40 atom stereocenters. The molecular weight excluding hydrogens is 1290 g/mol. The van der Waals surface area contributed by atoms with Crippen molar-refractivity contribution in [3.63, 3.8) is 0 Å². The Kier molecular flexibility index (Phi) is 26.0. The van der Waals surface area contributed by atoms with Crippen molar-refractivity contribution in [2.45, 2.75) is 246 Å². The van der Waals surface area contributed by atoms with Crippen LogP contribution in [0.15, 0.2) is 0 Å². The van der Waals surface area contributed by atoms with Gasteiger partial charge in [0, 0.05) is 5.75 Å². The van der Waals surface area contributed by atoms with Gasteiger partial charge in [-0.1, -0.05) is 0 Å². The van der Waals surface area contributed by atoms with Crippen molar-refractivity contribution in [1.29, 1.82) is 0 Å². The largest absolute Gasteiger partial charge is 0.481 e. The highest BCUT2D eigenvalue weighted by molar-refractivity contribution is 7.99. The van der Waals surface area contributed by atoms with E-state index >= 15 is 0 Å². The molecule has 0 aromatic carbocycles. The molecular formula is C50H82O41S. The molecule has 16 bridgehead atoms. The van der Waals surface area contributed by atoms with E-state index in [-0.39, 0.29) is 0 Å². The summed E-state index contributed by atoms with van der Waals surface area (Å²) in [6, 6.07) is 0. The Labute approximate surface area is 523 Å². The Hall–Kier alpha value is -1.74. The SMILES string of the molecule is O=C(O)CSCC1O[C@@H]2O[C@@H]3C(CO)O[C@H](O[C@@H]4C(CO)O[C@H](O[C@@H]5C(CO)O[C@H](O[C@@H]6C(CO)O[C@H](O[C@@H]7C(CO)O[C@H](O[C@@H]8C(CO)O[C@H](O[C@@H]9C(CO)O[C@H](O[C@H]1C(O)C2O)C(O)C9O)C(O)C8O)C(O)C7O)C(O)C6O)C(O)C5O)C(O)C4O)C(O)C3O. The van der Waals surface area contributed by atoms with E-state index in [2.05, 4.69) is 0 Å². The molecule has 30 rings (SSSR count). The predicted molar refractivity (Wildman–Crippen MR) is 279 cm³/mol. The first-order valence-electron chi connectivity index (χ1n) is 29.2. The second kappa shape index (κ2) is 32.1. The number of carboxylic acids is 1. The summed E-state index contributed by atoms with van der Waals surface area (Å²) in [7, 11) is 0. The van der Waals surface area contributed by atoms with Crippen LogP contribution in [0.25, 0.3) is 0 Å². The summed E-state index contributed by atoms with van der Waals surface area (Å²) in [4.78, 5) is 11.6. The van der Waals surface area contributed by atoms with Crippen LogP contribution in [0.2, 0.25) is 0 Å². The highest BCUT2D eigenvalue weighted by Crippen LogP contribution is 2.40. The maximum absolute atomic E-state index is 11.7. The molecule has 92 heavy (non-hydrogen) atoms. The van der Waals surface area contributed by atoms with Crippen molar-refractivity contribution in [3.8, 4) is 0 Å². The molecule has 30 fully saturated rings. The molecule has 0 spiro atoms. The summed E-state index contributed by atoms with van der Waals surface area (Å²) in [5, 5.41) is 266. The summed E-state index contributed by atoms with van der Waals surface area (Å²) in [5.74, 6) is -2.39. The lowest BCUT2D eigenvalue weighted by molar-refractivity contribution is -0.403. The molecule has 30 heterocycles. The molecule has 24 N–H and O–H groups in total. The maximum atomic E-state index is 11.7. The van der Waals surface area contributed by atoms with E-state index in [1.807, 2.05) is 0 Å². The number of hydrogen-bond donors (Lipinski definition) is 24. The molecule has 534 valence electrons. The zero-order valence-electron chi connectivity index (χ0n) is 48.0. The standard InChI is InChI=1S/C50H82O41S/c51-1-10-35-19(60)27(68)43(76-10)85-36-11(2-52)78-45(29(70)21(36)62)87-38-13(4-54)80-47(31(72)23(38)64)89-40-15(6-56)82-49(33(74)25(40)66)91-42-17(8-92-9-18(58)59)83-50(34(75)26(42)67)90-41-16(7-57)81-48(32(73)24(41)65)88-39-14(5-55)79-46(30(71)22(39)63)86-37-12(3-53)77-44(84-35)28(69)20(37)61/h10-17,19-57,60-75H,1-9H2,(H,58,59)/t10?,11?,12?,13?,14?,15?,16?,17?,19?,20?,21?,22?,23?,24?,25?,26?,27?,28?,29?,30?,31?,32?,33?,34?,35-,36-,37-,38-,39-,40-,41-,42-,43-,44-,45-,46-,47-,48-,49-,50-/m1/s1. The van der Waals surface area contributed by atoms with E-state index in [0.717, 1.165) is 0 Å². The number of thioether (sulfide) groups is 1. The van der Waals surface area contributed by atoms with Gasteiger partial charge in [-0.2, -0.15) is 0 Å². The smallest absolute Gasteiger partial charge is 0.313 e. The van der Waals surface area contributed by atoms with Crippen molar-refractivity contribution < 1.29 is 203 Å². The fourth-order valence-electron chi connectivity index (χ4n) is 12.2. The van der Waals surface area contributed by atoms with Crippen LogP contribution in [0.1, 0.15) is 0 Å². The van der Waals surface area contributed by atoms with E-state index in [1.54, 1.807) is 0 Å². The first-order chi connectivity index (χ1) is 43.7. The van der Waals surface area contributed by atoms with E-state index in [4.69, 9.17) is 75.8 Å². The molecule has 0 saturated carbocycles. The first-order valence-corrected chi connectivity index (χ1v) is 30.3. The molecule has 0 aliphatic carbocycles. The molecule has 42 heteroatoms. The zero-order chi connectivity index (χ0) is 67.1. The Balaban J connectivity index is 0.990. The third-order valence-corrected chi connectivity index (χ3v) is 18.2. The third kappa shape index (κ3) is 15.2. The number of carbonyl (C=O) groups is 1. The molecule has 30 saturated heterocycles. The molecule has 0 amide bonds. The summed E-state index contributed by atoms with van der Waals surface area (Å²) < 4.78 is 91.9. The molecule has 0 radical (unpaired) electrons. The highest BCUT2D eigenvalue weighted by Gasteiger charge is 2.60. The van der Waals surface area contributed by atoms with Crippen LogP contribution < -0.4 is 0 Å². The average molecular weight is 1370 g/mol. The van der Waals surface area contributed by atoms with Gasteiger partial charge in [0.2, 0.25) is 0 Å². The lowest BCUT2D eigenvalue weighted by Crippen LogP contribution is -2.69. The minimum Gasteiger partial charge on any atom is -0.481 e. The van der Waals surface area contributed by atoms with Crippen molar-refractivity contribution in [3.05, 3.63) is 0 Å². The van der Waals surface area contributed by atoms with E-state index in [0.29, 0.717) is 11.8 Å². The number of aliphatic carboxylic acids is 1. The minimum atomic E-state index is -2.27. The Morgan fingerprint density at radius 2 is 0.370 bits per heavy atom. The van der Waals surface area contributed by atoms with Crippen LogP contribution in [0.4, 0.5) is 0 Å². The highest BCUT2D eigenvalue weighted by atomic mass is 32.2. The van der Waals surface area contributed by atoms with Gasteiger partial charge in [0.05, 0.1) is 58.1 Å². The normalized spacial score (nSPS) is 53.4. The quantitative estimate of drug-likeness (QED) is 0.0913. The van der Waals surface area contributed by atoms with Crippen molar-refractivity contribution >= 4 is 17.7 Å². The predicted octanol–water partition coefficient (Wildman–Crippen LogP) is -16.6. The number of hydrogen-bond acceptors (Lipinski definition) is 41. The second-order valence-electron chi connectivity index (χ2n) is 23.2. The van der Waals surface area contributed by atoms with Gasteiger partial charge < -0.3 is 198 Å². The van der Waals surface area contributed by atoms with Gasteiger partial charge in [-0.15, -0.1) is 11.8 Å². The fourth-order valence-corrected chi connectivity index (χ4v) is 12.9. The van der Waals surface area contributed by atoms with Gasteiger partial charge in [0.25, 0.3) is 0 Å². The molecule has 0 aromatic heterocycles. The molecule has 41 nitrogen and oxygen atoms in total. The molecule has 30 aliphatic heterocycles. The molecule has 24 unspecified atom stereocenters. The van der Waals surface area contributed by atoms with Gasteiger partial charge in [-0.25, -0.2) is 0 Å². The summed E-state index contributed by atoms with van der Waals surface area (Å²) in [6.45, 7) is -7.65. The van der Waals surface area contributed by atoms with Gasteiger partial charge in [-0.05, 0) is 0 Å². The number of ether oxygens (including phenoxy) is 16. The van der Waals surface area contributed by atoms with Crippen molar-refractivity contribution in [2.24, 2.45) is 0 Å².